The molecule has 0 radical (unpaired) electrons. The van der Waals surface area contributed by atoms with E-state index in [4.69, 9.17) is 0 Å². The van der Waals surface area contributed by atoms with Crippen molar-refractivity contribution in [3.05, 3.63) is 95.3 Å². The number of aromatic carboxylic acids is 1. The Balaban J connectivity index is 1.43. The number of piperazine rings is 1. The van der Waals surface area contributed by atoms with Crippen LogP contribution in [0, 0.1) is 5.82 Å². The van der Waals surface area contributed by atoms with Crippen molar-refractivity contribution in [2.75, 3.05) is 36.4 Å². The number of rotatable bonds is 6. The van der Waals surface area contributed by atoms with Crippen molar-refractivity contribution >= 4 is 23.3 Å². The van der Waals surface area contributed by atoms with Gasteiger partial charge in [0, 0.05) is 44.0 Å². The van der Waals surface area contributed by atoms with E-state index in [-0.39, 0.29) is 17.3 Å². The lowest BCUT2D eigenvalue weighted by Gasteiger charge is -2.36. The molecule has 7 heteroatoms. The first-order valence-corrected chi connectivity index (χ1v) is 10.4. The number of carbonyl (C=O) groups excluding carboxylic acids is 1. The van der Waals surface area contributed by atoms with E-state index in [0.29, 0.717) is 36.6 Å². The Kier molecular flexibility index (Phi) is 6.47. The lowest BCUT2D eigenvalue weighted by molar-refractivity contribution is 0.0697. The van der Waals surface area contributed by atoms with Gasteiger partial charge in [-0.3, -0.25) is 9.69 Å². The molecule has 3 aromatic carbocycles. The van der Waals surface area contributed by atoms with Crippen LogP contribution in [-0.2, 0) is 6.54 Å². The number of nitrogens with one attached hydrogen (secondary N) is 1. The molecule has 0 atom stereocenters. The highest BCUT2D eigenvalue weighted by Crippen LogP contribution is 2.26. The molecule has 6 nitrogen and oxygen atoms in total. The number of hydrogen-bond donors (Lipinski definition) is 2. The lowest BCUT2D eigenvalue weighted by atomic mass is 10.1. The van der Waals surface area contributed by atoms with Crippen molar-refractivity contribution in [2.45, 2.75) is 6.54 Å². The molecule has 32 heavy (non-hydrogen) atoms. The second-order valence-electron chi connectivity index (χ2n) is 7.75. The van der Waals surface area contributed by atoms with Crippen molar-refractivity contribution in [3.8, 4) is 0 Å². The SMILES string of the molecule is O=C(Nc1ccc(N2CCN(Cc3cccc(F)c3)CC2)c(C(=O)O)c1)c1ccccc1. The summed E-state index contributed by atoms with van der Waals surface area (Å²) in [7, 11) is 0. The molecule has 1 saturated heterocycles. The van der Waals surface area contributed by atoms with E-state index in [1.165, 1.54) is 18.2 Å². The summed E-state index contributed by atoms with van der Waals surface area (Å²) in [6, 6.07) is 20.3. The maximum atomic E-state index is 13.4. The second kappa shape index (κ2) is 9.62. The third-order valence-electron chi connectivity index (χ3n) is 5.53. The predicted molar refractivity (Wildman–Crippen MR) is 122 cm³/mol. The molecule has 0 bridgehead atoms. The number of nitrogens with zero attached hydrogens (tertiary/aromatic N) is 2. The van der Waals surface area contributed by atoms with E-state index in [0.717, 1.165) is 18.7 Å². The summed E-state index contributed by atoms with van der Waals surface area (Å²) in [5.41, 5.74) is 2.63. The minimum absolute atomic E-state index is 0.148. The van der Waals surface area contributed by atoms with Crippen LogP contribution >= 0.6 is 0 Å². The first kappa shape index (κ1) is 21.5. The van der Waals surface area contributed by atoms with E-state index >= 15 is 0 Å². The number of carbonyl (C=O) groups is 2. The molecule has 0 aromatic heterocycles. The number of hydrogen-bond acceptors (Lipinski definition) is 4. The Bertz CT molecular complexity index is 1110. The third kappa shape index (κ3) is 5.12. The molecule has 164 valence electrons. The van der Waals surface area contributed by atoms with E-state index in [9.17, 15) is 19.1 Å². The minimum Gasteiger partial charge on any atom is -0.478 e. The van der Waals surface area contributed by atoms with Gasteiger partial charge in [-0.2, -0.15) is 0 Å². The zero-order valence-corrected chi connectivity index (χ0v) is 17.5. The maximum absolute atomic E-state index is 13.4. The lowest BCUT2D eigenvalue weighted by Crippen LogP contribution is -2.46. The second-order valence-corrected chi connectivity index (χ2v) is 7.75. The minimum atomic E-state index is -1.04. The van der Waals surface area contributed by atoms with Crippen LogP contribution in [0.25, 0.3) is 0 Å². The summed E-state index contributed by atoms with van der Waals surface area (Å²) in [6.07, 6.45) is 0. The molecule has 1 heterocycles. The quantitative estimate of drug-likeness (QED) is 0.612. The number of carboxylic acid groups (broad SMARTS) is 1. The van der Waals surface area contributed by atoms with Gasteiger partial charge in [0.05, 0.1) is 11.3 Å². The molecule has 3 aromatic rings. The van der Waals surface area contributed by atoms with Gasteiger partial charge in [0.15, 0.2) is 0 Å². The van der Waals surface area contributed by atoms with Gasteiger partial charge in [-0.1, -0.05) is 30.3 Å². The fourth-order valence-corrected chi connectivity index (χ4v) is 3.89. The summed E-state index contributed by atoms with van der Waals surface area (Å²) in [5.74, 6) is -1.58. The van der Waals surface area contributed by atoms with Crippen LogP contribution in [0.4, 0.5) is 15.8 Å². The third-order valence-corrected chi connectivity index (χ3v) is 5.53. The molecule has 1 aliphatic rings. The molecule has 0 saturated carbocycles. The number of benzene rings is 3. The number of halogens is 1. The van der Waals surface area contributed by atoms with Gasteiger partial charge in [-0.25, -0.2) is 9.18 Å². The summed E-state index contributed by atoms with van der Waals surface area (Å²) < 4.78 is 13.4. The van der Waals surface area contributed by atoms with Gasteiger partial charge in [0.25, 0.3) is 5.91 Å². The van der Waals surface area contributed by atoms with Crippen LogP contribution in [0.1, 0.15) is 26.3 Å². The van der Waals surface area contributed by atoms with Crippen LogP contribution < -0.4 is 10.2 Å². The van der Waals surface area contributed by atoms with Crippen LogP contribution in [0.5, 0.6) is 0 Å². The zero-order chi connectivity index (χ0) is 22.5. The van der Waals surface area contributed by atoms with Crippen LogP contribution in [0.2, 0.25) is 0 Å². The van der Waals surface area contributed by atoms with Crippen molar-refractivity contribution in [1.29, 1.82) is 0 Å². The Morgan fingerprint density at radius 2 is 1.66 bits per heavy atom. The molecular formula is C25H24FN3O3. The number of anilines is 2. The van der Waals surface area contributed by atoms with Crippen molar-refractivity contribution in [3.63, 3.8) is 0 Å². The highest BCUT2D eigenvalue weighted by Gasteiger charge is 2.22. The normalized spacial score (nSPS) is 14.2. The van der Waals surface area contributed by atoms with Gasteiger partial charge in [0.2, 0.25) is 0 Å². The average Bonchev–Trinajstić information content (AvgIpc) is 2.80. The van der Waals surface area contributed by atoms with E-state index in [2.05, 4.69) is 10.2 Å². The van der Waals surface area contributed by atoms with Gasteiger partial charge >= 0.3 is 5.97 Å². The first-order chi connectivity index (χ1) is 15.5. The van der Waals surface area contributed by atoms with E-state index in [1.807, 2.05) is 17.0 Å². The molecule has 4 rings (SSSR count). The Labute approximate surface area is 185 Å². The fourth-order valence-electron chi connectivity index (χ4n) is 3.89. The van der Waals surface area contributed by atoms with E-state index < -0.39 is 5.97 Å². The average molecular weight is 433 g/mol. The summed E-state index contributed by atoms with van der Waals surface area (Å²) in [4.78, 5) is 28.6. The molecular weight excluding hydrogens is 409 g/mol. The Morgan fingerprint density at radius 1 is 0.906 bits per heavy atom. The van der Waals surface area contributed by atoms with Gasteiger partial charge in [-0.15, -0.1) is 0 Å². The molecule has 2 N–H and O–H groups in total. The highest BCUT2D eigenvalue weighted by atomic mass is 19.1. The van der Waals surface area contributed by atoms with Crippen molar-refractivity contribution in [1.82, 2.24) is 4.90 Å². The first-order valence-electron chi connectivity index (χ1n) is 10.4. The predicted octanol–water partition coefficient (Wildman–Crippen LogP) is 4.10. The molecule has 1 fully saturated rings. The molecule has 0 unspecified atom stereocenters. The van der Waals surface area contributed by atoms with Gasteiger partial charge in [0.1, 0.15) is 5.82 Å². The van der Waals surface area contributed by atoms with Crippen LogP contribution in [0.15, 0.2) is 72.8 Å². The molecule has 0 aliphatic carbocycles. The fraction of sp³-hybridized carbons (Fsp3) is 0.200. The number of carboxylic acids is 1. The molecule has 1 aliphatic heterocycles. The van der Waals surface area contributed by atoms with Gasteiger partial charge in [-0.05, 0) is 48.0 Å². The standard InChI is InChI=1S/C25H24FN3O3/c26-20-8-4-5-18(15-20)17-28-11-13-29(14-12-28)23-10-9-21(16-22(23)25(31)32)27-24(30)19-6-2-1-3-7-19/h1-10,15-16H,11-14,17H2,(H,27,30)(H,31,32). The summed E-state index contributed by atoms with van der Waals surface area (Å²) >= 11 is 0. The summed E-state index contributed by atoms with van der Waals surface area (Å²) in [6.45, 7) is 3.45. The summed E-state index contributed by atoms with van der Waals surface area (Å²) in [5, 5.41) is 12.5. The van der Waals surface area contributed by atoms with Crippen molar-refractivity contribution in [2.24, 2.45) is 0 Å². The smallest absolute Gasteiger partial charge is 0.337 e. The van der Waals surface area contributed by atoms with E-state index in [1.54, 1.807) is 42.5 Å². The van der Waals surface area contributed by atoms with Crippen molar-refractivity contribution < 1.29 is 19.1 Å². The van der Waals surface area contributed by atoms with Crippen LogP contribution in [-0.4, -0.2) is 48.1 Å². The molecule has 0 spiro atoms. The zero-order valence-electron chi connectivity index (χ0n) is 17.5. The monoisotopic (exact) mass is 433 g/mol. The van der Waals surface area contributed by atoms with Gasteiger partial charge < -0.3 is 15.3 Å². The largest absolute Gasteiger partial charge is 0.478 e. The molecule has 1 amide bonds. The Hall–Kier alpha value is -3.71. The Morgan fingerprint density at radius 3 is 2.34 bits per heavy atom. The topological polar surface area (TPSA) is 72.9 Å². The highest BCUT2D eigenvalue weighted by molar-refractivity contribution is 6.05. The van der Waals surface area contributed by atoms with Crippen LogP contribution in [0.3, 0.4) is 0 Å². The maximum Gasteiger partial charge on any atom is 0.337 e. The number of amides is 1.